The number of ether oxygens (including phenoxy) is 2. The lowest BCUT2D eigenvalue weighted by atomic mass is 9.44. The summed E-state index contributed by atoms with van der Waals surface area (Å²) < 4.78 is 26.1. The van der Waals surface area contributed by atoms with Gasteiger partial charge in [-0.25, -0.2) is 9.38 Å². The zero-order valence-corrected chi connectivity index (χ0v) is 19.6. The van der Waals surface area contributed by atoms with E-state index in [1.54, 1.807) is 13.2 Å². The molecule has 8 heteroatoms. The van der Waals surface area contributed by atoms with E-state index in [-0.39, 0.29) is 17.5 Å². The van der Waals surface area contributed by atoms with Crippen LogP contribution in [0.1, 0.15) is 42.9 Å². The fourth-order valence-electron chi connectivity index (χ4n) is 7.04. The third kappa shape index (κ3) is 3.05. The standard InChI is InChI=1S/C25H28B2FN3O2/c1-14-11-23(6-5-21(14)32-2)12-17-4-3-16(18-7-15(13-29)8-19(28)9-18)10-20(17)24(23)25(26,27)33-22(30)31-24/h3-4,7-10,14,21H,5-6,11-12,26-27H2,1-2H3,(H2,30,31)/t14-,21-,23-,24-/m0/s1. The van der Waals surface area contributed by atoms with E-state index in [1.165, 1.54) is 17.7 Å². The largest absolute Gasteiger partial charge is 0.475 e. The van der Waals surface area contributed by atoms with Gasteiger partial charge in [0.05, 0.1) is 23.1 Å². The number of hydrogen-bond acceptors (Lipinski definition) is 5. The summed E-state index contributed by atoms with van der Waals surface area (Å²) in [5.41, 5.74) is 9.59. The molecular formula is C25H28B2FN3O2. The van der Waals surface area contributed by atoms with Crippen molar-refractivity contribution < 1.29 is 13.9 Å². The summed E-state index contributed by atoms with van der Waals surface area (Å²) in [4.78, 5) is 5.07. The molecule has 0 aromatic heterocycles. The second-order valence-corrected chi connectivity index (χ2v) is 10.4. The quantitative estimate of drug-likeness (QED) is 0.723. The van der Waals surface area contributed by atoms with Gasteiger partial charge in [-0.15, -0.1) is 0 Å². The van der Waals surface area contributed by atoms with Crippen LogP contribution in [0.5, 0.6) is 0 Å². The lowest BCUT2D eigenvalue weighted by Gasteiger charge is -2.53. The van der Waals surface area contributed by atoms with E-state index in [9.17, 15) is 9.65 Å². The van der Waals surface area contributed by atoms with E-state index in [0.717, 1.165) is 36.8 Å². The Kier molecular flexibility index (Phi) is 4.92. The minimum Gasteiger partial charge on any atom is -0.475 e. The highest BCUT2D eigenvalue weighted by Gasteiger charge is 2.68. The maximum absolute atomic E-state index is 14.2. The van der Waals surface area contributed by atoms with Crippen LogP contribution in [0, 0.1) is 28.5 Å². The summed E-state index contributed by atoms with van der Waals surface area (Å²) >= 11 is 0. The van der Waals surface area contributed by atoms with Gasteiger partial charge in [-0.1, -0.05) is 19.1 Å². The Morgan fingerprint density at radius 3 is 2.67 bits per heavy atom. The Hall–Kier alpha value is -2.78. The summed E-state index contributed by atoms with van der Waals surface area (Å²) in [6.45, 7) is 2.25. The van der Waals surface area contributed by atoms with Crippen molar-refractivity contribution in [2.45, 2.75) is 49.6 Å². The van der Waals surface area contributed by atoms with E-state index >= 15 is 0 Å². The maximum atomic E-state index is 14.2. The highest BCUT2D eigenvalue weighted by molar-refractivity contribution is 6.41. The fraction of sp³-hybridized carbons (Fsp3) is 0.440. The van der Waals surface area contributed by atoms with Crippen molar-refractivity contribution in [1.82, 2.24) is 0 Å². The summed E-state index contributed by atoms with van der Waals surface area (Å²) in [5.74, 6) is -0.0436. The number of benzene rings is 2. The van der Waals surface area contributed by atoms with Gasteiger partial charge in [0.2, 0.25) is 0 Å². The first-order valence-electron chi connectivity index (χ1n) is 11.6. The van der Waals surface area contributed by atoms with Gasteiger partial charge in [0.25, 0.3) is 6.02 Å². The first-order chi connectivity index (χ1) is 15.6. The number of nitrogens with zero attached hydrogens (tertiary/aromatic N) is 2. The molecule has 2 spiro atoms. The molecule has 168 valence electrons. The van der Waals surface area contributed by atoms with Gasteiger partial charge in [-0.3, -0.25) is 0 Å². The second kappa shape index (κ2) is 7.36. The van der Waals surface area contributed by atoms with Crippen LogP contribution >= 0.6 is 0 Å². The highest BCUT2D eigenvalue weighted by atomic mass is 19.1. The third-order valence-corrected chi connectivity index (χ3v) is 8.22. The summed E-state index contributed by atoms with van der Waals surface area (Å²) in [7, 11) is 5.93. The van der Waals surface area contributed by atoms with Crippen molar-refractivity contribution in [2.24, 2.45) is 22.1 Å². The molecule has 1 saturated carbocycles. The van der Waals surface area contributed by atoms with Gasteiger partial charge in [-0.2, -0.15) is 5.26 Å². The molecule has 4 atom stereocenters. The number of amidine groups is 1. The SMILES string of the molecule is BC1(B)OC(N)=N[C@]12c1cc(-c3cc(F)cc(C#N)c3)ccc1C[C@@]21CC[C@H](OC)[C@@H](C)C1. The van der Waals surface area contributed by atoms with Gasteiger partial charge in [0, 0.05) is 12.5 Å². The number of aliphatic imine (C=N–C) groups is 1. The first kappa shape index (κ1) is 22.0. The number of fused-ring (bicyclic) bond motifs is 3. The molecule has 0 amide bonds. The number of hydrogen-bond donors (Lipinski definition) is 1. The molecule has 1 aliphatic heterocycles. The number of nitrogens with two attached hydrogens (primary N) is 1. The first-order valence-corrected chi connectivity index (χ1v) is 11.6. The van der Waals surface area contributed by atoms with Crippen LogP contribution < -0.4 is 5.73 Å². The average Bonchev–Trinajstić information content (AvgIpc) is 3.17. The molecule has 0 unspecified atom stereocenters. The van der Waals surface area contributed by atoms with Crippen molar-refractivity contribution in [1.29, 1.82) is 5.26 Å². The normalized spacial score (nSPS) is 31.8. The predicted molar refractivity (Wildman–Crippen MR) is 131 cm³/mol. The molecule has 5 rings (SSSR count). The molecular weight excluding hydrogens is 415 g/mol. The van der Waals surface area contributed by atoms with E-state index in [1.807, 2.05) is 12.1 Å². The molecule has 5 nitrogen and oxygen atoms in total. The molecule has 0 saturated heterocycles. The van der Waals surface area contributed by atoms with Gasteiger partial charge >= 0.3 is 0 Å². The van der Waals surface area contributed by atoms with Crippen LogP contribution in [-0.2, 0) is 21.4 Å². The number of nitriles is 1. The van der Waals surface area contributed by atoms with E-state index in [2.05, 4.69) is 34.7 Å². The van der Waals surface area contributed by atoms with Gasteiger partial charge in [0.1, 0.15) is 11.4 Å². The third-order valence-electron chi connectivity index (χ3n) is 8.22. The average molecular weight is 443 g/mol. The van der Waals surface area contributed by atoms with Crippen LogP contribution in [0.2, 0.25) is 0 Å². The lowest BCUT2D eigenvalue weighted by molar-refractivity contribution is -0.0559. The molecule has 0 bridgehead atoms. The second-order valence-electron chi connectivity index (χ2n) is 10.4. The number of rotatable bonds is 2. The monoisotopic (exact) mass is 443 g/mol. The lowest BCUT2D eigenvalue weighted by Crippen LogP contribution is -2.60. The predicted octanol–water partition coefficient (Wildman–Crippen LogP) is 2.20. The molecule has 2 aromatic carbocycles. The van der Waals surface area contributed by atoms with Gasteiger partial charge < -0.3 is 15.2 Å². The number of halogens is 1. The van der Waals surface area contributed by atoms with Crippen molar-refractivity contribution in [3.05, 3.63) is 58.9 Å². The zero-order valence-electron chi connectivity index (χ0n) is 19.6. The van der Waals surface area contributed by atoms with Crippen LogP contribution in [0.15, 0.2) is 41.4 Å². The van der Waals surface area contributed by atoms with Crippen molar-refractivity contribution in [3.8, 4) is 17.2 Å². The topological polar surface area (TPSA) is 80.6 Å². The highest BCUT2D eigenvalue weighted by Crippen LogP contribution is 2.65. The molecule has 2 aromatic rings. The van der Waals surface area contributed by atoms with Crippen LogP contribution in [0.25, 0.3) is 11.1 Å². The van der Waals surface area contributed by atoms with Crippen molar-refractivity contribution >= 4 is 21.7 Å². The Labute approximate surface area is 196 Å². The van der Waals surface area contributed by atoms with Gasteiger partial charge in [0.15, 0.2) is 15.7 Å². The Bertz CT molecular complexity index is 1210. The molecule has 33 heavy (non-hydrogen) atoms. The Balaban J connectivity index is 1.70. The minimum atomic E-state index is -0.645. The molecule has 2 aliphatic carbocycles. The zero-order chi connectivity index (χ0) is 23.6. The van der Waals surface area contributed by atoms with E-state index < -0.39 is 16.8 Å². The summed E-state index contributed by atoms with van der Waals surface area (Å²) in [6.07, 6.45) is 4.00. The number of methoxy groups -OCH3 is 1. The molecule has 2 N–H and O–H groups in total. The van der Waals surface area contributed by atoms with Crippen molar-refractivity contribution in [2.75, 3.05) is 7.11 Å². The smallest absolute Gasteiger partial charge is 0.282 e. The van der Waals surface area contributed by atoms with Gasteiger partial charge in [-0.05, 0) is 78.1 Å². The Morgan fingerprint density at radius 1 is 1.24 bits per heavy atom. The molecule has 3 aliphatic rings. The minimum absolute atomic E-state index is 0.146. The molecule has 0 radical (unpaired) electrons. The maximum Gasteiger partial charge on any atom is 0.282 e. The van der Waals surface area contributed by atoms with Crippen LogP contribution in [0.4, 0.5) is 4.39 Å². The van der Waals surface area contributed by atoms with Crippen molar-refractivity contribution in [3.63, 3.8) is 0 Å². The molecule has 1 fully saturated rings. The summed E-state index contributed by atoms with van der Waals surface area (Å²) in [6, 6.07) is 13.0. The van der Waals surface area contributed by atoms with Crippen LogP contribution in [0.3, 0.4) is 0 Å². The fourth-order valence-corrected chi connectivity index (χ4v) is 7.04. The summed E-state index contributed by atoms with van der Waals surface area (Å²) in [5, 5.41) is 8.67. The van der Waals surface area contributed by atoms with Crippen LogP contribution in [-0.4, -0.2) is 40.3 Å². The van der Waals surface area contributed by atoms with E-state index in [0.29, 0.717) is 17.0 Å². The van der Waals surface area contributed by atoms with E-state index in [4.69, 9.17) is 20.2 Å². The Morgan fingerprint density at radius 2 is 2.03 bits per heavy atom. The molecule has 1 heterocycles.